The van der Waals surface area contributed by atoms with E-state index in [1.54, 1.807) is 0 Å². The number of nitrogens with two attached hydrogens (primary N) is 1. The SMILES string of the molecule is NS(=O)(=O)c1sc(Cl)cc1C(=O)NC1[C@@H]2[C@H]3CC[C@@H](C3)[C@H]12. The summed E-state index contributed by atoms with van der Waals surface area (Å²) in [4.78, 5) is 12.4. The third-order valence-corrected chi connectivity index (χ3v) is 7.95. The van der Waals surface area contributed by atoms with Gasteiger partial charge >= 0.3 is 0 Å². The largest absolute Gasteiger partial charge is 0.349 e. The number of rotatable bonds is 3. The number of fused-ring (bicyclic) bond motifs is 5. The van der Waals surface area contributed by atoms with Crippen LogP contribution in [0.15, 0.2) is 10.3 Å². The first-order valence-corrected chi connectivity index (χ1v) is 9.73. The minimum absolute atomic E-state index is 0.0739. The fourth-order valence-corrected chi connectivity index (χ4v) is 6.75. The summed E-state index contributed by atoms with van der Waals surface area (Å²) >= 11 is 6.66. The van der Waals surface area contributed by atoms with Crippen LogP contribution in [-0.2, 0) is 10.0 Å². The van der Waals surface area contributed by atoms with Gasteiger partial charge in [0.1, 0.15) is 4.21 Å². The Hall–Kier alpha value is -0.630. The van der Waals surface area contributed by atoms with Crippen LogP contribution in [0.3, 0.4) is 0 Å². The first-order chi connectivity index (χ1) is 9.86. The van der Waals surface area contributed by atoms with E-state index in [0.29, 0.717) is 11.8 Å². The molecule has 1 aromatic heterocycles. The lowest BCUT2D eigenvalue weighted by Crippen LogP contribution is -2.31. The van der Waals surface area contributed by atoms with Crippen molar-refractivity contribution in [1.29, 1.82) is 0 Å². The average Bonchev–Trinajstić information content (AvgIpc) is 2.81. The number of hydrogen-bond donors (Lipinski definition) is 2. The van der Waals surface area contributed by atoms with E-state index in [-0.39, 0.29) is 26.1 Å². The zero-order valence-corrected chi connectivity index (χ0v) is 13.5. The number of carbonyl (C=O) groups excluding carboxylic acids is 1. The van der Waals surface area contributed by atoms with E-state index in [2.05, 4.69) is 5.32 Å². The molecule has 0 radical (unpaired) electrons. The molecule has 1 aromatic rings. The lowest BCUT2D eigenvalue weighted by atomic mass is 10.0. The smallest absolute Gasteiger partial charge is 0.253 e. The van der Waals surface area contributed by atoms with Crippen molar-refractivity contribution in [1.82, 2.24) is 5.32 Å². The van der Waals surface area contributed by atoms with Crippen molar-refractivity contribution in [3.63, 3.8) is 0 Å². The Kier molecular flexibility index (Phi) is 2.96. The summed E-state index contributed by atoms with van der Waals surface area (Å²) in [5.41, 5.74) is 0.0739. The van der Waals surface area contributed by atoms with Crippen molar-refractivity contribution in [2.24, 2.45) is 28.8 Å². The van der Waals surface area contributed by atoms with Crippen LogP contribution in [-0.4, -0.2) is 20.4 Å². The number of amides is 1. The molecule has 0 aromatic carbocycles. The Balaban J connectivity index is 1.55. The van der Waals surface area contributed by atoms with Crippen molar-refractivity contribution < 1.29 is 13.2 Å². The molecule has 1 heterocycles. The van der Waals surface area contributed by atoms with Crippen LogP contribution in [0.4, 0.5) is 0 Å². The summed E-state index contributed by atoms with van der Waals surface area (Å²) < 4.78 is 23.2. The van der Waals surface area contributed by atoms with Crippen LogP contribution in [0, 0.1) is 23.7 Å². The highest BCUT2D eigenvalue weighted by atomic mass is 35.5. The Morgan fingerprint density at radius 1 is 1.33 bits per heavy atom. The van der Waals surface area contributed by atoms with Crippen LogP contribution in [0.25, 0.3) is 0 Å². The maximum atomic E-state index is 12.4. The second-order valence-electron chi connectivity index (χ2n) is 6.28. The van der Waals surface area contributed by atoms with Crippen molar-refractivity contribution in [3.8, 4) is 0 Å². The number of thiophene rings is 1. The van der Waals surface area contributed by atoms with E-state index in [1.165, 1.54) is 25.3 Å². The molecule has 1 amide bonds. The summed E-state index contributed by atoms with van der Waals surface area (Å²) in [5, 5.41) is 8.13. The molecule has 3 aliphatic carbocycles. The van der Waals surface area contributed by atoms with Gasteiger partial charge in [0.25, 0.3) is 5.91 Å². The van der Waals surface area contributed by atoms with E-state index in [9.17, 15) is 13.2 Å². The average molecular weight is 347 g/mol. The monoisotopic (exact) mass is 346 g/mol. The van der Waals surface area contributed by atoms with Crippen molar-refractivity contribution in [2.45, 2.75) is 29.5 Å². The molecular formula is C13H15ClN2O3S2. The second kappa shape index (κ2) is 4.44. The summed E-state index contributed by atoms with van der Waals surface area (Å²) in [6.07, 6.45) is 3.84. The van der Waals surface area contributed by atoms with Gasteiger partial charge in [-0.3, -0.25) is 4.79 Å². The zero-order chi connectivity index (χ0) is 14.9. The molecular weight excluding hydrogens is 332 g/mol. The van der Waals surface area contributed by atoms with E-state index in [0.717, 1.165) is 23.2 Å². The normalized spacial score (nSPS) is 36.6. The highest BCUT2D eigenvalue weighted by Crippen LogP contribution is 2.65. The fourth-order valence-electron chi connectivity index (χ4n) is 4.46. The number of primary sulfonamides is 1. The van der Waals surface area contributed by atoms with Gasteiger partial charge in [-0.05, 0) is 49.0 Å². The van der Waals surface area contributed by atoms with Gasteiger partial charge in [0.15, 0.2) is 0 Å². The number of halogens is 1. The van der Waals surface area contributed by atoms with Gasteiger partial charge in [-0.1, -0.05) is 11.6 Å². The van der Waals surface area contributed by atoms with E-state index in [1.807, 2.05) is 0 Å². The third-order valence-electron chi connectivity index (χ3n) is 5.20. The lowest BCUT2D eigenvalue weighted by molar-refractivity contribution is 0.0942. The topological polar surface area (TPSA) is 89.3 Å². The minimum atomic E-state index is -3.93. The molecule has 4 rings (SSSR count). The number of carbonyl (C=O) groups is 1. The third kappa shape index (κ3) is 2.13. The molecule has 2 bridgehead atoms. The predicted octanol–water partition coefficient (Wildman–Crippen LogP) is 1.82. The Labute approximate surface area is 131 Å². The summed E-state index contributed by atoms with van der Waals surface area (Å²) in [5.74, 6) is 2.31. The zero-order valence-electron chi connectivity index (χ0n) is 11.1. The summed E-state index contributed by atoms with van der Waals surface area (Å²) in [6.45, 7) is 0. The molecule has 0 spiro atoms. The molecule has 3 N–H and O–H groups in total. The van der Waals surface area contributed by atoms with Gasteiger partial charge in [-0.2, -0.15) is 0 Å². The fraction of sp³-hybridized carbons (Fsp3) is 0.615. The molecule has 3 fully saturated rings. The molecule has 3 saturated carbocycles. The molecule has 3 aliphatic rings. The Morgan fingerprint density at radius 2 is 1.95 bits per heavy atom. The molecule has 5 atom stereocenters. The van der Waals surface area contributed by atoms with Crippen LogP contribution in [0.5, 0.6) is 0 Å². The van der Waals surface area contributed by atoms with Gasteiger partial charge < -0.3 is 5.32 Å². The molecule has 8 heteroatoms. The van der Waals surface area contributed by atoms with Crippen molar-refractivity contribution in [2.75, 3.05) is 0 Å². The molecule has 5 nitrogen and oxygen atoms in total. The van der Waals surface area contributed by atoms with Crippen LogP contribution < -0.4 is 10.5 Å². The predicted molar refractivity (Wildman–Crippen MR) is 79.8 cm³/mol. The van der Waals surface area contributed by atoms with Crippen LogP contribution in [0.1, 0.15) is 29.6 Å². The van der Waals surface area contributed by atoms with Gasteiger partial charge in [0, 0.05) is 6.04 Å². The van der Waals surface area contributed by atoms with Crippen LogP contribution >= 0.6 is 22.9 Å². The van der Waals surface area contributed by atoms with Gasteiger partial charge in [0.2, 0.25) is 10.0 Å². The Morgan fingerprint density at radius 3 is 2.52 bits per heavy atom. The molecule has 1 unspecified atom stereocenters. The first kappa shape index (κ1) is 14.0. The number of nitrogens with one attached hydrogen (secondary N) is 1. The summed E-state index contributed by atoms with van der Waals surface area (Å²) in [7, 11) is -3.93. The highest BCUT2D eigenvalue weighted by molar-refractivity contribution is 7.91. The number of hydrogen-bond acceptors (Lipinski definition) is 4. The number of sulfonamides is 1. The molecule has 0 saturated heterocycles. The standard InChI is InChI=1S/C13H15ClN2O3S2/c14-8-4-7(13(20-8)21(15,18)19)12(17)16-11-9-5-1-2-6(3-5)10(9)11/h4-6,9-11H,1-3H2,(H,16,17)(H2,15,18,19)/t5-,6-,9-,10+,11?/m0/s1. The quantitative estimate of drug-likeness (QED) is 0.874. The van der Waals surface area contributed by atoms with Crippen molar-refractivity contribution in [3.05, 3.63) is 16.0 Å². The molecule has 0 aliphatic heterocycles. The van der Waals surface area contributed by atoms with E-state index < -0.39 is 10.0 Å². The first-order valence-electron chi connectivity index (χ1n) is 6.99. The van der Waals surface area contributed by atoms with E-state index in [4.69, 9.17) is 16.7 Å². The van der Waals surface area contributed by atoms with Crippen LogP contribution in [0.2, 0.25) is 4.34 Å². The molecule has 114 valence electrons. The van der Waals surface area contributed by atoms with Gasteiger partial charge in [-0.15, -0.1) is 11.3 Å². The maximum absolute atomic E-state index is 12.4. The van der Waals surface area contributed by atoms with Gasteiger partial charge in [-0.25, -0.2) is 13.6 Å². The maximum Gasteiger partial charge on any atom is 0.253 e. The highest BCUT2D eigenvalue weighted by Gasteiger charge is 2.65. The summed E-state index contributed by atoms with van der Waals surface area (Å²) in [6, 6.07) is 1.59. The van der Waals surface area contributed by atoms with Gasteiger partial charge in [0.05, 0.1) is 9.90 Å². The Bertz CT molecular complexity index is 714. The van der Waals surface area contributed by atoms with Crippen molar-refractivity contribution >= 4 is 38.9 Å². The van der Waals surface area contributed by atoms with E-state index >= 15 is 0 Å². The minimum Gasteiger partial charge on any atom is -0.349 e. The molecule has 21 heavy (non-hydrogen) atoms. The second-order valence-corrected chi connectivity index (χ2v) is 9.72. The lowest BCUT2D eigenvalue weighted by Gasteiger charge is -2.10.